The van der Waals surface area contributed by atoms with Gasteiger partial charge in [0.15, 0.2) is 5.82 Å². The van der Waals surface area contributed by atoms with Crippen molar-refractivity contribution in [2.45, 2.75) is 23.8 Å². The lowest BCUT2D eigenvalue weighted by Gasteiger charge is -2.15. The van der Waals surface area contributed by atoms with Crippen LogP contribution >= 0.6 is 35.0 Å². The summed E-state index contributed by atoms with van der Waals surface area (Å²) in [5.74, 6) is 7.40. The van der Waals surface area contributed by atoms with Crippen LogP contribution in [-0.4, -0.2) is 38.8 Å². The van der Waals surface area contributed by atoms with Crippen LogP contribution < -0.4 is 5.84 Å². The van der Waals surface area contributed by atoms with Crippen molar-refractivity contribution in [1.29, 1.82) is 0 Å². The highest BCUT2D eigenvalue weighted by atomic mass is 35.5. The van der Waals surface area contributed by atoms with E-state index in [0.29, 0.717) is 32.3 Å². The molecule has 150 valence electrons. The maximum Gasteiger partial charge on any atom is 0.253 e. The van der Waals surface area contributed by atoms with E-state index in [9.17, 15) is 4.79 Å². The molecule has 0 unspecified atom stereocenters. The molecule has 2 heterocycles. The maximum atomic E-state index is 12.4. The van der Waals surface area contributed by atoms with Crippen LogP contribution in [-0.2, 0) is 5.75 Å². The Morgan fingerprint density at radius 2 is 1.79 bits per heavy atom. The summed E-state index contributed by atoms with van der Waals surface area (Å²) >= 11 is 13.7. The van der Waals surface area contributed by atoms with E-state index in [0.717, 1.165) is 37.1 Å². The molecule has 1 aromatic heterocycles. The monoisotopic (exact) mass is 447 g/mol. The van der Waals surface area contributed by atoms with Crippen molar-refractivity contribution in [3.05, 3.63) is 63.6 Å². The molecule has 1 aliphatic rings. The topological polar surface area (TPSA) is 77.0 Å². The number of rotatable bonds is 5. The predicted molar refractivity (Wildman–Crippen MR) is 117 cm³/mol. The number of halogens is 2. The Kier molecular flexibility index (Phi) is 5.99. The molecular weight excluding hydrogens is 429 g/mol. The third-order valence-corrected chi connectivity index (χ3v) is 6.36. The van der Waals surface area contributed by atoms with Gasteiger partial charge in [-0.1, -0.05) is 47.1 Å². The second-order valence-electron chi connectivity index (χ2n) is 6.79. The van der Waals surface area contributed by atoms with Crippen molar-refractivity contribution in [1.82, 2.24) is 19.8 Å². The number of thioether (sulfide) groups is 1. The lowest BCUT2D eigenvalue weighted by atomic mass is 10.1. The van der Waals surface area contributed by atoms with Crippen molar-refractivity contribution >= 4 is 40.9 Å². The zero-order valence-electron chi connectivity index (χ0n) is 15.5. The Balaban J connectivity index is 1.43. The first-order valence-electron chi connectivity index (χ1n) is 9.20. The third kappa shape index (κ3) is 4.37. The molecule has 4 rings (SSSR count). The minimum absolute atomic E-state index is 0.105. The first kappa shape index (κ1) is 20.1. The van der Waals surface area contributed by atoms with Crippen LogP contribution in [0.1, 0.15) is 28.8 Å². The highest BCUT2D eigenvalue weighted by Gasteiger charge is 2.19. The summed E-state index contributed by atoms with van der Waals surface area (Å²) in [5, 5.41) is 9.91. The van der Waals surface area contributed by atoms with E-state index < -0.39 is 0 Å². The summed E-state index contributed by atoms with van der Waals surface area (Å²) in [6, 6.07) is 12.8. The van der Waals surface area contributed by atoms with E-state index in [-0.39, 0.29) is 5.91 Å². The molecule has 1 amide bonds. The molecule has 29 heavy (non-hydrogen) atoms. The molecule has 1 aliphatic heterocycles. The van der Waals surface area contributed by atoms with Gasteiger partial charge in [-0.25, -0.2) is 4.68 Å². The van der Waals surface area contributed by atoms with Gasteiger partial charge in [-0.15, -0.1) is 10.2 Å². The quantitative estimate of drug-likeness (QED) is 0.460. The number of benzene rings is 2. The summed E-state index contributed by atoms with van der Waals surface area (Å²) in [4.78, 5) is 14.3. The van der Waals surface area contributed by atoms with E-state index >= 15 is 0 Å². The average Bonchev–Trinajstić information content (AvgIpc) is 3.37. The number of aromatic nitrogens is 3. The number of likely N-dealkylation sites (tertiary alicyclic amines) is 1. The molecule has 0 saturated carbocycles. The van der Waals surface area contributed by atoms with Gasteiger partial charge in [0.25, 0.3) is 5.91 Å². The zero-order chi connectivity index (χ0) is 20.4. The Labute approximate surface area is 183 Å². The van der Waals surface area contributed by atoms with E-state index in [1.165, 1.54) is 16.4 Å². The first-order chi connectivity index (χ1) is 14.0. The van der Waals surface area contributed by atoms with Crippen LogP contribution in [0.25, 0.3) is 11.4 Å². The van der Waals surface area contributed by atoms with Crippen molar-refractivity contribution in [2.75, 3.05) is 18.9 Å². The van der Waals surface area contributed by atoms with E-state index in [1.54, 1.807) is 18.2 Å². The molecule has 2 aromatic carbocycles. The molecule has 9 heteroatoms. The molecule has 6 nitrogen and oxygen atoms in total. The minimum Gasteiger partial charge on any atom is -0.339 e. The second kappa shape index (κ2) is 8.65. The maximum absolute atomic E-state index is 12.4. The molecule has 0 aliphatic carbocycles. The Bertz CT molecular complexity index is 1030. The van der Waals surface area contributed by atoms with Gasteiger partial charge in [0.1, 0.15) is 0 Å². The number of hydrogen-bond acceptors (Lipinski definition) is 5. The number of hydrogen-bond donors (Lipinski definition) is 1. The van der Waals surface area contributed by atoms with Crippen molar-refractivity contribution in [3.63, 3.8) is 0 Å². The molecular formula is C20H19Cl2N5OS. The van der Waals surface area contributed by atoms with Crippen LogP contribution in [0.15, 0.2) is 47.6 Å². The lowest BCUT2D eigenvalue weighted by molar-refractivity contribution is 0.0793. The van der Waals surface area contributed by atoms with Gasteiger partial charge in [-0.3, -0.25) is 4.79 Å². The van der Waals surface area contributed by atoms with Gasteiger partial charge in [0, 0.05) is 35.0 Å². The van der Waals surface area contributed by atoms with Crippen LogP contribution in [0.2, 0.25) is 10.0 Å². The molecule has 2 N–H and O–H groups in total. The minimum atomic E-state index is 0.105. The summed E-state index contributed by atoms with van der Waals surface area (Å²) < 4.78 is 1.42. The number of nitrogen functional groups attached to an aromatic ring is 1. The fourth-order valence-electron chi connectivity index (χ4n) is 3.22. The van der Waals surface area contributed by atoms with Gasteiger partial charge in [-0.2, -0.15) is 0 Å². The lowest BCUT2D eigenvalue weighted by Crippen LogP contribution is -2.27. The smallest absolute Gasteiger partial charge is 0.253 e. The molecule has 1 fully saturated rings. The van der Waals surface area contributed by atoms with Gasteiger partial charge in [0.05, 0.1) is 5.02 Å². The Hall–Kier alpha value is -2.22. The van der Waals surface area contributed by atoms with Crippen molar-refractivity contribution in [3.8, 4) is 11.4 Å². The van der Waals surface area contributed by atoms with Crippen LogP contribution in [0, 0.1) is 0 Å². The summed E-state index contributed by atoms with van der Waals surface area (Å²) in [5.41, 5.74) is 2.46. The van der Waals surface area contributed by atoms with Crippen LogP contribution in [0.3, 0.4) is 0 Å². The second-order valence-corrected chi connectivity index (χ2v) is 8.57. The van der Waals surface area contributed by atoms with E-state index in [1.807, 2.05) is 29.2 Å². The fourth-order valence-corrected chi connectivity index (χ4v) is 4.53. The summed E-state index contributed by atoms with van der Waals surface area (Å²) in [6.45, 7) is 1.70. The Morgan fingerprint density at radius 1 is 1.07 bits per heavy atom. The SMILES string of the molecule is Nn1c(SCc2ccc(C(=O)N3CCCC3)cc2)nnc1-c1ccc(Cl)cc1Cl. The molecule has 1 saturated heterocycles. The molecule has 3 aromatic rings. The molecule has 0 atom stereocenters. The van der Waals surface area contributed by atoms with Crippen LogP contribution in [0.5, 0.6) is 0 Å². The van der Waals surface area contributed by atoms with Gasteiger partial charge < -0.3 is 10.7 Å². The normalized spacial score (nSPS) is 13.8. The first-order valence-corrected chi connectivity index (χ1v) is 10.9. The van der Waals surface area contributed by atoms with Gasteiger partial charge >= 0.3 is 0 Å². The zero-order valence-corrected chi connectivity index (χ0v) is 17.8. The predicted octanol–water partition coefficient (Wildman–Crippen LogP) is 4.49. The standard InChI is InChI=1S/C20H19Cl2N5OS/c21-15-7-8-16(17(22)11-15)18-24-25-20(27(18)23)29-12-13-3-5-14(6-4-13)19(28)26-9-1-2-10-26/h3-8,11H,1-2,9-10,12,23H2. The molecule has 0 radical (unpaired) electrons. The summed E-state index contributed by atoms with van der Waals surface area (Å²) in [6.07, 6.45) is 2.17. The Morgan fingerprint density at radius 3 is 2.48 bits per heavy atom. The molecule has 0 bridgehead atoms. The average molecular weight is 448 g/mol. The largest absolute Gasteiger partial charge is 0.339 e. The fraction of sp³-hybridized carbons (Fsp3) is 0.250. The number of amides is 1. The molecule has 0 spiro atoms. The number of nitrogens with zero attached hydrogens (tertiary/aromatic N) is 4. The van der Waals surface area contributed by atoms with Gasteiger partial charge in [0.2, 0.25) is 5.16 Å². The number of nitrogens with two attached hydrogens (primary N) is 1. The van der Waals surface area contributed by atoms with Crippen molar-refractivity contribution in [2.24, 2.45) is 0 Å². The van der Waals surface area contributed by atoms with E-state index in [2.05, 4.69) is 10.2 Å². The number of carbonyl (C=O) groups excluding carboxylic acids is 1. The van der Waals surface area contributed by atoms with Crippen molar-refractivity contribution < 1.29 is 4.79 Å². The van der Waals surface area contributed by atoms with Gasteiger partial charge in [-0.05, 0) is 48.7 Å². The summed E-state index contributed by atoms with van der Waals surface area (Å²) in [7, 11) is 0. The highest BCUT2D eigenvalue weighted by Crippen LogP contribution is 2.31. The van der Waals surface area contributed by atoms with Crippen LogP contribution in [0.4, 0.5) is 0 Å². The number of carbonyl (C=O) groups is 1. The highest BCUT2D eigenvalue weighted by molar-refractivity contribution is 7.98. The third-order valence-electron chi connectivity index (χ3n) is 4.80. The van der Waals surface area contributed by atoms with E-state index in [4.69, 9.17) is 29.0 Å².